The van der Waals surface area contributed by atoms with Crippen LogP contribution >= 0.6 is 27.5 Å². The molecule has 29 heavy (non-hydrogen) atoms. The molecule has 4 N–H and O–H groups in total. The molecule has 0 bridgehead atoms. The third-order valence-corrected chi connectivity index (χ3v) is 4.91. The van der Waals surface area contributed by atoms with E-state index in [1.807, 2.05) is 31.2 Å². The lowest BCUT2D eigenvalue weighted by atomic mass is 9.86. The predicted molar refractivity (Wildman–Crippen MR) is 130 cm³/mol. The highest BCUT2D eigenvalue weighted by atomic mass is 79.9. The molecule has 0 aliphatic heterocycles. The van der Waals surface area contributed by atoms with Gasteiger partial charge in [0.15, 0.2) is 0 Å². The largest absolute Gasteiger partial charge is 0.485 e. The van der Waals surface area contributed by atoms with Crippen LogP contribution < -0.4 is 11.5 Å². The first-order valence-corrected chi connectivity index (χ1v) is 11.7. The highest BCUT2D eigenvalue weighted by Gasteiger charge is 2.30. The van der Waals surface area contributed by atoms with E-state index in [4.69, 9.17) is 26.5 Å². The molecule has 1 aliphatic rings. The van der Waals surface area contributed by atoms with Gasteiger partial charge >= 0.3 is 0 Å². The van der Waals surface area contributed by atoms with E-state index in [0.29, 0.717) is 5.52 Å². The number of hydrogen-bond acceptors (Lipinski definition) is 4. The van der Waals surface area contributed by atoms with Crippen LogP contribution in [0.15, 0.2) is 45.6 Å². The van der Waals surface area contributed by atoms with Crippen LogP contribution in [0.1, 0.15) is 65.4 Å². The highest BCUT2D eigenvalue weighted by Crippen LogP contribution is 2.45. The van der Waals surface area contributed by atoms with Gasteiger partial charge < -0.3 is 20.6 Å². The van der Waals surface area contributed by atoms with Gasteiger partial charge in [-0.05, 0) is 66.5 Å². The maximum atomic E-state index is 6.22. The highest BCUT2D eigenvalue weighted by molar-refractivity contribution is 9.09. The number of rotatable bonds is 8. The normalized spacial score (nSPS) is 16.0. The summed E-state index contributed by atoms with van der Waals surface area (Å²) in [4.78, 5) is 0. The van der Waals surface area contributed by atoms with E-state index in [0.717, 1.165) is 53.6 Å². The molecule has 1 unspecified atom stereocenters. The van der Waals surface area contributed by atoms with Crippen LogP contribution in [0.3, 0.4) is 0 Å². The standard InChI is InChI=1S/C14H17ClO.C8H16BrNO.CH5N/c1-4-5-10-6-7-12(16-10)13-11(15)8-9-14(13,2)3;1-3-5-8(11-6-9)7(10)4-2;1-2/h6-9H,4-5H2,1-3H3;5,7H,3-4,6,10H2,1-2H3;2H2,1H3/b;8-5-;. The molecule has 1 aliphatic carbocycles. The lowest BCUT2D eigenvalue weighted by Crippen LogP contribution is -2.22. The Morgan fingerprint density at radius 1 is 1.28 bits per heavy atom. The zero-order valence-corrected chi connectivity index (χ0v) is 21.1. The van der Waals surface area contributed by atoms with Crippen molar-refractivity contribution in [3.05, 3.63) is 52.7 Å². The van der Waals surface area contributed by atoms with Crippen LogP contribution in [0.2, 0.25) is 0 Å². The van der Waals surface area contributed by atoms with Gasteiger partial charge in [0.2, 0.25) is 0 Å². The molecule has 1 heterocycles. The molecule has 0 spiro atoms. The van der Waals surface area contributed by atoms with Crippen LogP contribution in [0.5, 0.6) is 0 Å². The Hall–Kier alpha value is -1.01. The van der Waals surface area contributed by atoms with Gasteiger partial charge in [-0.1, -0.05) is 52.3 Å². The van der Waals surface area contributed by atoms with E-state index >= 15 is 0 Å². The molecular weight excluding hydrogens is 452 g/mol. The van der Waals surface area contributed by atoms with Gasteiger partial charge in [0, 0.05) is 22.4 Å². The van der Waals surface area contributed by atoms with Crippen molar-refractivity contribution in [2.45, 2.75) is 66.3 Å². The molecule has 0 fully saturated rings. The van der Waals surface area contributed by atoms with E-state index in [1.165, 1.54) is 7.05 Å². The Bertz CT molecular complexity index is 678. The second-order valence-electron chi connectivity index (χ2n) is 7.08. The van der Waals surface area contributed by atoms with Crippen molar-refractivity contribution in [2.75, 3.05) is 12.6 Å². The minimum Gasteiger partial charge on any atom is -0.485 e. The van der Waals surface area contributed by atoms with Crippen molar-refractivity contribution in [3.63, 3.8) is 0 Å². The van der Waals surface area contributed by atoms with Gasteiger partial charge in [-0.15, -0.1) is 0 Å². The van der Waals surface area contributed by atoms with E-state index in [-0.39, 0.29) is 11.5 Å². The van der Waals surface area contributed by atoms with Crippen molar-refractivity contribution < 1.29 is 9.15 Å². The van der Waals surface area contributed by atoms with Crippen molar-refractivity contribution in [1.82, 2.24) is 0 Å². The number of furan rings is 1. The molecular formula is C23H38BrClN2O2. The topological polar surface area (TPSA) is 74.4 Å². The third kappa shape index (κ3) is 9.12. The van der Waals surface area contributed by atoms with Gasteiger partial charge in [-0.25, -0.2) is 0 Å². The van der Waals surface area contributed by atoms with Crippen LogP contribution in [0, 0.1) is 5.41 Å². The third-order valence-electron chi connectivity index (χ3n) is 4.37. The van der Waals surface area contributed by atoms with Crippen LogP contribution in [-0.2, 0) is 11.2 Å². The van der Waals surface area contributed by atoms with Crippen LogP contribution in [-0.4, -0.2) is 18.6 Å². The minimum absolute atomic E-state index is 0.0293. The fourth-order valence-corrected chi connectivity index (χ4v) is 3.53. The maximum absolute atomic E-state index is 6.22. The first kappa shape index (κ1) is 28.0. The Balaban J connectivity index is 0.000000532. The van der Waals surface area contributed by atoms with Gasteiger partial charge in [-0.2, -0.15) is 0 Å². The monoisotopic (exact) mass is 488 g/mol. The van der Waals surface area contributed by atoms with Crippen molar-refractivity contribution in [1.29, 1.82) is 0 Å². The van der Waals surface area contributed by atoms with E-state index in [1.54, 1.807) is 0 Å². The molecule has 0 amide bonds. The molecule has 1 atom stereocenters. The summed E-state index contributed by atoms with van der Waals surface area (Å²) < 4.78 is 11.1. The summed E-state index contributed by atoms with van der Waals surface area (Å²) in [5.74, 6) is 2.84. The molecule has 1 aromatic rings. The van der Waals surface area contributed by atoms with E-state index in [2.05, 4.69) is 55.4 Å². The first-order chi connectivity index (χ1) is 13.8. The summed E-state index contributed by atoms with van der Waals surface area (Å²) in [6, 6.07) is 4.12. The number of allylic oxidation sites excluding steroid dienone is 5. The molecule has 2 rings (SSSR count). The number of nitrogens with two attached hydrogens (primary N) is 2. The molecule has 166 valence electrons. The van der Waals surface area contributed by atoms with E-state index < -0.39 is 0 Å². The summed E-state index contributed by atoms with van der Waals surface area (Å²) in [6.45, 7) is 10.6. The molecule has 4 nitrogen and oxygen atoms in total. The Morgan fingerprint density at radius 2 is 1.93 bits per heavy atom. The molecule has 0 aromatic carbocycles. The van der Waals surface area contributed by atoms with Gasteiger partial charge in [0.25, 0.3) is 0 Å². The molecule has 0 saturated heterocycles. The SMILES string of the molecule is CC/C=C(\OCBr)C(N)CC.CCCc1ccc(C2=C(Cl)C=CC2(C)C)o1.CN. The van der Waals surface area contributed by atoms with Gasteiger partial charge in [0.1, 0.15) is 22.8 Å². The summed E-state index contributed by atoms with van der Waals surface area (Å²) in [6.07, 6.45) is 10.1. The second kappa shape index (κ2) is 14.9. The van der Waals surface area contributed by atoms with Crippen molar-refractivity contribution in [3.8, 4) is 0 Å². The predicted octanol–water partition coefficient (Wildman–Crippen LogP) is 6.74. The Labute approximate surface area is 190 Å². The minimum atomic E-state index is -0.0293. The molecule has 1 aromatic heterocycles. The zero-order valence-electron chi connectivity index (χ0n) is 18.7. The summed E-state index contributed by atoms with van der Waals surface area (Å²) in [5, 5.41) is 0.794. The smallest absolute Gasteiger partial charge is 0.142 e. The van der Waals surface area contributed by atoms with E-state index in [9.17, 15) is 0 Å². The van der Waals surface area contributed by atoms with Gasteiger partial charge in [-0.3, -0.25) is 0 Å². The first-order valence-electron chi connectivity index (χ1n) is 10.2. The number of halogens is 2. The maximum Gasteiger partial charge on any atom is 0.142 e. The average molecular weight is 490 g/mol. The Kier molecular flexibility index (Phi) is 14.4. The van der Waals surface area contributed by atoms with Gasteiger partial charge in [0.05, 0.1) is 6.04 Å². The van der Waals surface area contributed by atoms with Crippen molar-refractivity contribution in [2.24, 2.45) is 16.9 Å². The quantitative estimate of drug-likeness (QED) is 0.313. The summed E-state index contributed by atoms with van der Waals surface area (Å²) in [7, 11) is 1.50. The molecule has 6 heteroatoms. The molecule has 0 radical (unpaired) electrons. The summed E-state index contributed by atoms with van der Waals surface area (Å²) >= 11 is 9.42. The fraction of sp³-hybridized carbons (Fsp3) is 0.565. The number of aryl methyl sites for hydroxylation is 1. The Morgan fingerprint density at radius 3 is 2.38 bits per heavy atom. The number of alkyl halides is 1. The zero-order chi connectivity index (χ0) is 22.4. The number of ether oxygens (including phenoxy) is 1. The lowest BCUT2D eigenvalue weighted by molar-refractivity contribution is 0.248. The molecule has 0 saturated carbocycles. The average Bonchev–Trinajstić information content (AvgIpc) is 3.26. The number of hydrogen-bond donors (Lipinski definition) is 2. The van der Waals surface area contributed by atoms with Crippen LogP contribution in [0.25, 0.3) is 5.57 Å². The van der Waals surface area contributed by atoms with Crippen molar-refractivity contribution >= 4 is 33.1 Å². The lowest BCUT2D eigenvalue weighted by Gasteiger charge is -2.19. The van der Waals surface area contributed by atoms with Crippen LogP contribution in [0.4, 0.5) is 0 Å². The summed E-state index contributed by atoms with van der Waals surface area (Å²) in [5.41, 5.74) is 11.9. The fourth-order valence-electron chi connectivity index (χ4n) is 2.87. The second-order valence-corrected chi connectivity index (χ2v) is 7.94.